The molecule has 1 aromatic carbocycles. The molecule has 0 saturated carbocycles. The zero-order valence-electron chi connectivity index (χ0n) is 14.5. The molecule has 0 amide bonds. The van der Waals surface area contributed by atoms with Crippen molar-refractivity contribution in [3.63, 3.8) is 0 Å². The first-order valence-corrected chi connectivity index (χ1v) is 10.6. The lowest BCUT2D eigenvalue weighted by molar-refractivity contribution is -0.137. The molecule has 0 atom stereocenters. The van der Waals surface area contributed by atoms with E-state index in [9.17, 15) is 13.2 Å². The first-order valence-electron chi connectivity index (χ1n) is 8.81. The molecule has 0 aliphatic heterocycles. The quantitative estimate of drug-likeness (QED) is 0.166. The Morgan fingerprint density at radius 2 is 1.64 bits per heavy atom. The molecule has 0 saturated heterocycles. The molecule has 0 bridgehead atoms. The number of benzene rings is 1. The summed E-state index contributed by atoms with van der Waals surface area (Å²) in [6.07, 6.45) is 12.3. The van der Waals surface area contributed by atoms with E-state index in [0.29, 0.717) is 9.52 Å². The van der Waals surface area contributed by atoms with Crippen LogP contribution in [-0.2, 0) is 6.18 Å². The summed E-state index contributed by atoms with van der Waals surface area (Å²) in [4.78, 5) is 0. The van der Waals surface area contributed by atoms with Gasteiger partial charge in [-0.15, -0.1) is 11.6 Å². The van der Waals surface area contributed by atoms with Gasteiger partial charge in [-0.05, 0) is 31.7 Å². The molecule has 5 heteroatoms. The largest absolute Gasteiger partial charge is 0.416 e. The molecule has 0 spiro atoms. The summed E-state index contributed by atoms with van der Waals surface area (Å²) >= 11 is 5.63. The molecule has 0 aromatic heterocycles. The van der Waals surface area contributed by atoms with Crippen molar-refractivity contribution in [1.29, 1.82) is 0 Å². The summed E-state index contributed by atoms with van der Waals surface area (Å²) in [6, 6.07) is 6.39. The van der Waals surface area contributed by atoms with Gasteiger partial charge in [0.25, 0.3) is 0 Å². The number of allylic oxidation sites excluding steroid dienone is 4. The van der Waals surface area contributed by atoms with Crippen molar-refractivity contribution in [2.24, 2.45) is 0 Å². The molecule has 0 heterocycles. The second-order valence-corrected chi connectivity index (χ2v) is 7.60. The Morgan fingerprint density at radius 1 is 0.920 bits per heavy atom. The van der Waals surface area contributed by atoms with E-state index < -0.39 is 11.7 Å². The van der Waals surface area contributed by atoms with Gasteiger partial charge >= 0.3 is 6.18 Å². The fraction of sp³-hybridized carbons (Fsp3) is 0.500. The number of alkyl halides is 4. The van der Waals surface area contributed by atoms with Gasteiger partial charge in [0, 0.05) is 5.88 Å². The second kappa shape index (κ2) is 13.2. The van der Waals surface area contributed by atoms with Crippen molar-refractivity contribution < 1.29 is 13.2 Å². The van der Waals surface area contributed by atoms with E-state index in [0.717, 1.165) is 42.4 Å². The van der Waals surface area contributed by atoms with Crippen LogP contribution in [0.4, 0.5) is 13.2 Å². The van der Waals surface area contributed by atoms with Crippen LogP contribution in [0, 0.1) is 0 Å². The Hall–Kier alpha value is -1.00. The molecule has 1 aromatic rings. The molecule has 138 valence electrons. The molecule has 1 rings (SSSR count). The van der Waals surface area contributed by atoms with Crippen LogP contribution in [0.1, 0.15) is 50.5 Å². The summed E-state index contributed by atoms with van der Waals surface area (Å²) in [5.74, 6) is 0.764. The van der Waals surface area contributed by atoms with Crippen molar-refractivity contribution in [2.45, 2.75) is 57.2 Å². The zero-order chi connectivity index (χ0) is 18.4. The summed E-state index contributed by atoms with van der Waals surface area (Å²) in [6.45, 7) is 0. The van der Waals surface area contributed by atoms with Crippen LogP contribution in [0.15, 0.2) is 48.6 Å². The molecule has 0 nitrogen and oxygen atoms in total. The molecule has 0 aliphatic carbocycles. The Balaban J connectivity index is 2.11. The minimum Gasteiger partial charge on any atom is -0.166 e. The van der Waals surface area contributed by atoms with Crippen molar-refractivity contribution in [2.75, 3.05) is 5.88 Å². The van der Waals surface area contributed by atoms with Gasteiger partial charge in [-0.2, -0.15) is 13.2 Å². The van der Waals surface area contributed by atoms with Gasteiger partial charge < -0.3 is 0 Å². The average molecular weight is 387 g/mol. The third-order valence-electron chi connectivity index (χ3n) is 3.72. The van der Waals surface area contributed by atoms with Crippen molar-refractivity contribution in [1.82, 2.24) is 0 Å². The number of rotatable bonds is 12. The number of hydrogen-bond acceptors (Lipinski definition) is 0. The first-order chi connectivity index (χ1) is 12.0. The fourth-order valence-corrected chi connectivity index (χ4v) is 3.52. The summed E-state index contributed by atoms with van der Waals surface area (Å²) in [5.41, 5.74) is -0.563. The molecular formula is C20H26ClF3Si. The highest BCUT2D eigenvalue weighted by atomic mass is 35.5. The van der Waals surface area contributed by atoms with Gasteiger partial charge in [0.1, 0.15) is 0 Å². The van der Waals surface area contributed by atoms with E-state index in [1.165, 1.54) is 37.8 Å². The second-order valence-electron chi connectivity index (χ2n) is 5.88. The predicted octanol–water partition coefficient (Wildman–Crippen LogP) is 6.54. The molecule has 2 radical (unpaired) electrons. The third kappa shape index (κ3) is 11.3. The van der Waals surface area contributed by atoms with Gasteiger partial charge in [0.2, 0.25) is 0 Å². The van der Waals surface area contributed by atoms with E-state index in [-0.39, 0.29) is 0 Å². The average Bonchev–Trinajstić information content (AvgIpc) is 2.58. The Labute approximate surface area is 157 Å². The highest BCUT2D eigenvalue weighted by Crippen LogP contribution is 2.28. The van der Waals surface area contributed by atoms with Gasteiger partial charge in [-0.3, -0.25) is 0 Å². The van der Waals surface area contributed by atoms with Gasteiger partial charge in [0.15, 0.2) is 0 Å². The minimum absolute atomic E-state index is 0.371. The van der Waals surface area contributed by atoms with Crippen LogP contribution in [0.3, 0.4) is 0 Å². The lowest BCUT2D eigenvalue weighted by Crippen LogP contribution is -2.16. The van der Waals surface area contributed by atoms with E-state index >= 15 is 0 Å². The van der Waals surface area contributed by atoms with E-state index in [1.807, 2.05) is 0 Å². The Morgan fingerprint density at radius 3 is 2.40 bits per heavy atom. The zero-order valence-corrected chi connectivity index (χ0v) is 16.3. The number of halogens is 4. The van der Waals surface area contributed by atoms with Crippen LogP contribution in [-0.4, -0.2) is 15.4 Å². The van der Waals surface area contributed by atoms with Crippen LogP contribution in [0.25, 0.3) is 0 Å². The van der Waals surface area contributed by atoms with Crippen LogP contribution < -0.4 is 5.19 Å². The van der Waals surface area contributed by atoms with Crippen molar-refractivity contribution >= 4 is 26.3 Å². The predicted molar refractivity (Wildman–Crippen MR) is 103 cm³/mol. The Kier molecular flexibility index (Phi) is 11.7. The lowest BCUT2D eigenvalue weighted by Gasteiger charge is -2.07. The number of hydrogen-bond donors (Lipinski definition) is 0. The summed E-state index contributed by atoms with van der Waals surface area (Å²) < 4.78 is 37.9. The maximum atomic E-state index is 12.6. The minimum atomic E-state index is -4.26. The lowest BCUT2D eigenvalue weighted by atomic mass is 10.1. The Bertz CT molecular complexity index is 524. The van der Waals surface area contributed by atoms with E-state index in [4.69, 9.17) is 11.6 Å². The van der Waals surface area contributed by atoms with Gasteiger partial charge in [-0.25, -0.2) is 0 Å². The molecule has 25 heavy (non-hydrogen) atoms. The summed E-state index contributed by atoms with van der Waals surface area (Å²) in [7, 11) is 0.371. The standard InChI is InChI=1S/C20H26ClF3Si/c21-15-10-8-6-4-2-1-3-5-7-9-11-16-25-19-14-12-13-18(17-19)20(22,23)24/h3,5,9,11-14,17H,1-2,4,6-8,10,15-16H2. The number of unbranched alkanes of at least 4 members (excludes halogenated alkanes) is 5. The maximum absolute atomic E-state index is 12.6. The molecule has 0 fully saturated rings. The van der Waals surface area contributed by atoms with E-state index in [1.54, 1.807) is 6.07 Å². The fourth-order valence-electron chi connectivity index (χ4n) is 2.34. The highest BCUT2D eigenvalue weighted by molar-refractivity contribution is 6.53. The SMILES string of the molecule is FC(F)(F)c1cccc([Si]CC=CCC=CCCCCCCCCl)c1. The molecule has 0 unspecified atom stereocenters. The third-order valence-corrected chi connectivity index (χ3v) is 5.15. The summed E-state index contributed by atoms with van der Waals surface area (Å²) in [5, 5.41) is 0.754. The van der Waals surface area contributed by atoms with Crippen LogP contribution in [0.2, 0.25) is 6.04 Å². The topological polar surface area (TPSA) is 0 Å². The first kappa shape index (κ1) is 22.0. The maximum Gasteiger partial charge on any atom is 0.416 e. The van der Waals surface area contributed by atoms with Crippen LogP contribution in [0.5, 0.6) is 0 Å². The van der Waals surface area contributed by atoms with Crippen molar-refractivity contribution in [3.8, 4) is 0 Å². The van der Waals surface area contributed by atoms with E-state index in [2.05, 4.69) is 24.3 Å². The highest BCUT2D eigenvalue weighted by Gasteiger charge is 2.30. The van der Waals surface area contributed by atoms with Gasteiger partial charge in [0.05, 0.1) is 15.1 Å². The molecule has 0 N–H and O–H groups in total. The van der Waals surface area contributed by atoms with Crippen molar-refractivity contribution in [3.05, 3.63) is 54.1 Å². The van der Waals surface area contributed by atoms with Gasteiger partial charge in [-0.1, -0.05) is 73.0 Å². The smallest absolute Gasteiger partial charge is 0.166 e. The molecular weight excluding hydrogens is 361 g/mol. The monoisotopic (exact) mass is 386 g/mol. The normalized spacial score (nSPS) is 12.5. The molecule has 0 aliphatic rings. The van der Waals surface area contributed by atoms with Crippen LogP contribution >= 0.6 is 11.6 Å².